The summed E-state index contributed by atoms with van der Waals surface area (Å²) < 4.78 is 11.0. The van der Waals surface area contributed by atoms with Crippen LogP contribution in [0.5, 0.6) is 11.5 Å². The standard InChI is InChI=1S/C18H25N3O4.ClH/c1-2-21(18(23)13-5-7-19-8-6-13)12-17(22)20-14-3-4-15-16(11-14)25-10-9-24-15;/h3-4,11,13,19H,2,5-10,12H2,1H3,(H,20,22);1H. The number of hydrogen-bond donors (Lipinski definition) is 2. The number of nitrogens with one attached hydrogen (secondary N) is 2. The summed E-state index contributed by atoms with van der Waals surface area (Å²) in [6.45, 7) is 5.23. The molecule has 1 fully saturated rings. The molecule has 144 valence electrons. The lowest BCUT2D eigenvalue weighted by atomic mass is 9.96. The van der Waals surface area contributed by atoms with Gasteiger partial charge in [-0.2, -0.15) is 0 Å². The Morgan fingerprint density at radius 3 is 2.58 bits per heavy atom. The van der Waals surface area contributed by atoms with Crippen molar-refractivity contribution in [3.63, 3.8) is 0 Å². The lowest BCUT2D eigenvalue weighted by molar-refractivity contribution is -0.138. The van der Waals surface area contributed by atoms with Crippen molar-refractivity contribution >= 4 is 29.9 Å². The first kappa shape index (κ1) is 20.3. The fourth-order valence-electron chi connectivity index (χ4n) is 3.17. The molecule has 1 aromatic carbocycles. The highest BCUT2D eigenvalue weighted by molar-refractivity contribution is 5.95. The van der Waals surface area contributed by atoms with Gasteiger partial charge in [0.25, 0.3) is 0 Å². The zero-order chi connectivity index (χ0) is 17.6. The molecule has 1 aromatic rings. The summed E-state index contributed by atoms with van der Waals surface area (Å²) in [5.41, 5.74) is 0.639. The number of carbonyl (C=O) groups excluding carboxylic acids is 2. The largest absolute Gasteiger partial charge is 0.486 e. The molecule has 2 aliphatic rings. The molecule has 2 N–H and O–H groups in total. The van der Waals surface area contributed by atoms with Crippen molar-refractivity contribution in [1.82, 2.24) is 10.2 Å². The second-order valence-electron chi connectivity index (χ2n) is 6.28. The Labute approximate surface area is 159 Å². The number of benzene rings is 1. The molecular weight excluding hydrogens is 358 g/mol. The average Bonchev–Trinajstić information content (AvgIpc) is 2.66. The van der Waals surface area contributed by atoms with Crippen molar-refractivity contribution < 1.29 is 19.1 Å². The number of halogens is 1. The van der Waals surface area contributed by atoms with Crippen LogP contribution in [0.4, 0.5) is 5.69 Å². The number of amides is 2. The van der Waals surface area contributed by atoms with Crippen LogP contribution in [0.3, 0.4) is 0 Å². The van der Waals surface area contributed by atoms with Crippen LogP contribution in [0.15, 0.2) is 18.2 Å². The second kappa shape index (κ2) is 9.64. The first-order valence-corrected chi connectivity index (χ1v) is 8.86. The van der Waals surface area contributed by atoms with Crippen LogP contribution in [0.2, 0.25) is 0 Å². The minimum Gasteiger partial charge on any atom is -0.486 e. The van der Waals surface area contributed by atoms with Gasteiger partial charge in [-0.05, 0) is 45.0 Å². The Balaban J connectivity index is 0.00000243. The van der Waals surface area contributed by atoms with Gasteiger partial charge in [0.05, 0.1) is 6.54 Å². The molecule has 1 saturated heterocycles. The van der Waals surface area contributed by atoms with E-state index in [9.17, 15) is 9.59 Å². The maximum atomic E-state index is 12.6. The van der Waals surface area contributed by atoms with Gasteiger partial charge in [-0.25, -0.2) is 0 Å². The van der Waals surface area contributed by atoms with Crippen molar-refractivity contribution in [2.75, 3.05) is 44.7 Å². The van der Waals surface area contributed by atoms with Gasteiger partial charge in [-0.3, -0.25) is 9.59 Å². The summed E-state index contributed by atoms with van der Waals surface area (Å²) in [6.07, 6.45) is 1.66. The molecular formula is C18H26ClN3O4. The van der Waals surface area contributed by atoms with Crippen LogP contribution < -0.4 is 20.1 Å². The second-order valence-corrected chi connectivity index (χ2v) is 6.28. The van der Waals surface area contributed by atoms with Crippen molar-refractivity contribution in [2.45, 2.75) is 19.8 Å². The Hall–Kier alpha value is -1.99. The maximum absolute atomic E-state index is 12.6. The van der Waals surface area contributed by atoms with Crippen LogP contribution in [0.25, 0.3) is 0 Å². The molecule has 0 spiro atoms. The van der Waals surface area contributed by atoms with Gasteiger partial charge >= 0.3 is 0 Å². The number of hydrogen-bond acceptors (Lipinski definition) is 5. The summed E-state index contributed by atoms with van der Waals surface area (Å²) in [5, 5.41) is 6.09. The lowest BCUT2D eigenvalue weighted by Gasteiger charge is -2.28. The van der Waals surface area contributed by atoms with E-state index in [1.54, 1.807) is 23.1 Å². The van der Waals surface area contributed by atoms with Crippen molar-refractivity contribution in [1.29, 1.82) is 0 Å². The number of anilines is 1. The normalized spacial score (nSPS) is 16.3. The molecule has 8 heteroatoms. The van der Waals surface area contributed by atoms with Crippen LogP contribution in [-0.4, -0.2) is 56.1 Å². The van der Waals surface area contributed by atoms with Crippen molar-refractivity contribution in [3.8, 4) is 11.5 Å². The lowest BCUT2D eigenvalue weighted by Crippen LogP contribution is -2.44. The summed E-state index contributed by atoms with van der Waals surface area (Å²) in [6, 6.07) is 5.30. The van der Waals surface area contributed by atoms with E-state index in [1.165, 1.54) is 0 Å². The van der Waals surface area contributed by atoms with Crippen LogP contribution in [0.1, 0.15) is 19.8 Å². The molecule has 7 nitrogen and oxygen atoms in total. The van der Waals surface area contributed by atoms with E-state index in [0.717, 1.165) is 25.9 Å². The van der Waals surface area contributed by atoms with Gasteiger partial charge in [-0.15, -0.1) is 12.4 Å². The van der Waals surface area contributed by atoms with Crippen molar-refractivity contribution in [3.05, 3.63) is 18.2 Å². The van der Waals surface area contributed by atoms with E-state index in [1.807, 2.05) is 6.92 Å². The van der Waals surface area contributed by atoms with Crippen LogP contribution in [0, 0.1) is 5.92 Å². The quantitative estimate of drug-likeness (QED) is 0.808. The molecule has 0 aliphatic carbocycles. The number of ether oxygens (including phenoxy) is 2. The predicted octanol–water partition coefficient (Wildman–Crippen LogP) is 1.67. The fraction of sp³-hybridized carbons (Fsp3) is 0.556. The van der Waals surface area contributed by atoms with Gasteiger partial charge in [0.15, 0.2) is 11.5 Å². The fourth-order valence-corrected chi connectivity index (χ4v) is 3.17. The molecule has 0 bridgehead atoms. The van der Waals surface area contributed by atoms with Gasteiger partial charge < -0.3 is 25.0 Å². The molecule has 2 amide bonds. The molecule has 26 heavy (non-hydrogen) atoms. The van der Waals surface area contributed by atoms with Gasteiger partial charge in [0.2, 0.25) is 11.8 Å². The Morgan fingerprint density at radius 2 is 1.88 bits per heavy atom. The van der Waals surface area contributed by atoms with Gasteiger partial charge in [0.1, 0.15) is 13.2 Å². The van der Waals surface area contributed by atoms with Crippen LogP contribution >= 0.6 is 12.4 Å². The Morgan fingerprint density at radius 1 is 1.19 bits per heavy atom. The predicted molar refractivity (Wildman–Crippen MR) is 101 cm³/mol. The number of fused-ring (bicyclic) bond motifs is 1. The molecule has 0 atom stereocenters. The summed E-state index contributed by atoms with van der Waals surface area (Å²) >= 11 is 0. The maximum Gasteiger partial charge on any atom is 0.243 e. The Bertz CT molecular complexity index is 635. The zero-order valence-electron chi connectivity index (χ0n) is 15.0. The van der Waals surface area contributed by atoms with E-state index in [4.69, 9.17) is 9.47 Å². The molecule has 2 heterocycles. The number of piperidine rings is 1. The van der Waals surface area contributed by atoms with Gasteiger partial charge in [0, 0.05) is 24.2 Å². The third-order valence-corrected chi connectivity index (χ3v) is 4.54. The van der Waals surface area contributed by atoms with E-state index in [0.29, 0.717) is 36.9 Å². The number of likely N-dealkylation sites (N-methyl/N-ethyl adjacent to an activating group) is 1. The average molecular weight is 384 g/mol. The first-order chi connectivity index (χ1) is 12.2. The smallest absolute Gasteiger partial charge is 0.243 e. The molecule has 3 rings (SSSR count). The minimum absolute atomic E-state index is 0. The van der Waals surface area contributed by atoms with Crippen molar-refractivity contribution in [2.24, 2.45) is 5.92 Å². The summed E-state index contributed by atoms with van der Waals surface area (Å²) in [4.78, 5) is 26.6. The van der Waals surface area contributed by atoms with E-state index in [2.05, 4.69) is 10.6 Å². The summed E-state index contributed by atoms with van der Waals surface area (Å²) in [7, 11) is 0. The molecule has 0 unspecified atom stereocenters. The topological polar surface area (TPSA) is 79.9 Å². The van der Waals surface area contributed by atoms with Gasteiger partial charge in [-0.1, -0.05) is 0 Å². The van der Waals surface area contributed by atoms with E-state index >= 15 is 0 Å². The highest BCUT2D eigenvalue weighted by Crippen LogP contribution is 2.32. The molecule has 0 radical (unpaired) electrons. The highest BCUT2D eigenvalue weighted by atomic mass is 35.5. The zero-order valence-corrected chi connectivity index (χ0v) is 15.8. The minimum atomic E-state index is -0.208. The highest BCUT2D eigenvalue weighted by Gasteiger charge is 2.26. The molecule has 0 aromatic heterocycles. The first-order valence-electron chi connectivity index (χ1n) is 8.86. The molecule has 2 aliphatic heterocycles. The summed E-state index contributed by atoms with van der Waals surface area (Å²) in [5.74, 6) is 1.19. The van der Waals surface area contributed by atoms with E-state index < -0.39 is 0 Å². The monoisotopic (exact) mass is 383 g/mol. The SMILES string of the molecule is CCN(CC(=O)Nc1ccc2c(c1)OCCO2)C(=O)C1CCNCC1.Cl. The van der Waals surface area contributed by atoms with E-state index in [-0.39, 0.29) is 36.7 Å². The number of carbonyl (C=O) groups is 2. The number of rotatable bonds is 5. The number of nitrogens with zero attached hydrogens (tertiary/aromatic N) is 1. The third-order valence-electron chi connectivity index (χ3n) is 4.54. The molecule has 0 saturated carbocycles. The third kappa shape index (κ3) is 5.02. The van der Waals surface area contributed by atoms with Crippen LogP contribution in [-0.2, 0) is 9.59 Å². The Kier molecular flexibility index (Phi) is 7.53.